The molecule has 0 saturated carbocycles. The average molecular weight is 446 g/mol. The van der Waals surface area contributed by atoms with Crippen molar-refractivity contribution in [1.29, 1.82) is 0 Å². The third-order valence-electron chi connectivity index (χ3n) is 4.98. The fourth-order valence-corrected chi connectivity index (χ4v) is 4.53. The smallest absolute Gasteiger partial charge is 0.335 e. The number of hydrogen-bond donors (Lipinski definition) is 1. The molecule has 1 aliphatic rings. The minimum Gasteiger partial charge on any atom is -0.478 e. The predicted molar refractivity (Wildman–Crippen MR) is 129 cm³/mol. The molecule has 4 rings (SSSR count). The monoisotopic (exact) mass is 445 g/mol. The highest BCUT2D eigenvalue weighted by Gasteiger charge is 2.31. The number of thiocarbonyl (C=S) groups is 1. The average Bonchev–Trinajstić information content (AvgIpc) is 3.03. The summed E-state index contributed by atoms with van der Waals surface area (Å²) >= 11 is 6.76. The van der Waals surface area contributed by atoms with E-state index >= 15 is 0 Å². The Morgan fingerprint density at radius 1 is 1.03 bits per heavy atom. The fourth-order valence-electron chi connectivity index (χ4n) is 3.28. The maximum absolute atomic E-state index is 12.9. The molecule has 1 heterocycles. The predicted octanol–water partition coefficient (Wildman–Crippen LogP) is 5.76. The van der Waals surface area contributed by atoms with Gasteiger partial charge in [-0.1, -0.05) is 84.1 Å². The lowest BCUT2D eigenvalue weighted by Crippen LogP contribution is -2.27. The Morgan fingerprint density at radius 3 is 2.42 bits per heavy atom. The third kappa shape index (κ3) is 4.76. The van der Waals surface area contributed by atoms with Gasteiger partial charge in [-0.25, -0.2) is 4.79 Å². The number of benzene rings is 3. The van der Waals surface area contributed by atoms with E-state index in [1.54, 1.807) is 29.2 Å². The van der Waals surface area contributed by atoms with Gasteiger partial charge in [-0.15, -0.1) is 0 Å². The molecule has 0 aromatic heterocycles. The van der Waals surface area contributed by atoms with Gasteiger partial charge in [0.15, 0.2) is 0 Å². The van der Waals surface area contributed by atoms with Gasteiger partial charge in [0.1, 0.15) is 4.32 Å². The molecule has 3 aromatic rings. The van der Waals surface area contributed by atoms with Crippen LogP contribution < -0.4 is 0 Å². The SMILES string of the molecule is Cc1ccc(CN2C(=O)/C(=C/c3cccc(-c4ccc(C(=O)O)cc4)c3)SC2=S)cc1. The summed E-state index contributed by atoms with van der Waals surface area (Å²) in [7, 11) is 0. The van der Waals surface area contributed by atoms with Crippen molar-refractivity contribution in [2.24, 2.45) is 0 Å². The second-order valence-corrected chi connectivity index (χ2v) is 8.94. The summed E-state index contributed by atoms with van der Waals surface area (Å²) in [4.78, 5) is 26.2. The van der Waals surface area contributed by atoms with E-state index in [1.165, 1.54) is 17.3 Å². The van der Waals surface area contributed by atoms with Gasteiger partial charge in [0.2, 0.25) is 0 Å². The summed E-state index contributed by atoms with van der Waals surface area (Å²) in [5.74, 6) is -1.04. The Hall–Kier alpha value is -3.22. The number of thioether (sulfide) groups is 1. The van der Waals surface area contributed by atoms with E-state index in [0.717, 1.165) is 22.3 Å². The van der Waals surface area contributed by atoms with Crippen LogP contribution in [0.2, 0.25) is 0 Å². The molecule has 0 atom stereocenters. The number of aryl methyl sites for hydroxylation is 1. The summed E-state index contributed by atoms with van der Waals surface area (Å²) in [6.07, 6.45) is 1.85. The van der Waals surface area contributed by atoms with Crippen molar-refractivity contribution in [3.05, 3.63) is 100.0 Å². The molecule has 1 saturated heterocycles. The number of carbonyl (C=O) groups is 2. The van der Waals surface area contributed by atoms with Crippen LogP contribution in [-0.2, 0) is 11.3 Å². The van der Waals surface area contributed by atoms with Crippen molar-refractivity contribution < 1.29 is 14.7 Å². The molecule has 0 spiro atoms. The standard InChI is InChI=1S/C25H19NO3S2/c1-16-5-7-17(8-6-16)15-26-23(27)22(31-25(26)30)14-18-3-2-4-21(13-18)19-9-11-20(12-10-19)24(28)29/h2-14H,15H2,1H3,(H,28,29)/b22-14-. The summed E-state index contributed by atoms with van der Waals surface area (Å²) < 4.78 is 0.553. The van der Waals surface area contributed by atoms with Gasteiger partial charge >= 0.3 is 5.97 Å². The molecule has 1 fully saturated rings. The van der Waals surface area contributed by atoms with E-state index in [-0.39, 0.29) is 11.5 Å². The van der Waals surface area contributed by atoms with Gasteiger partial charge in [0, 0.05) is 0 Å². The first-order valence-electron chi connectivity index (χ1n) is 9.65. The van der Waals surface area contributed by atoms with Crippen molar-refractivity contribution >= 4 is 46.3 Å². The first-order valence-corrected chi connectivity index (χ1v) is 10.9. The van der Waals surface area contributed by atoms with Crippen LogP contribution in [0.1, 0.15) is 27.0 Å². The quantitative estimate of drug-likeness (QED) is 0.400. The number of aromatic carboxylic acids is 1. The molecule has 1 amide bonds. The van der Waals surface area contributed by atoms with E-state index in [2.05, 4.69) is 0 Å². The van der Waals surface area contributed by atoms with Crippen LogP contribution in [0, 0.1) is 6.92 Å². The fraction of sp³-hybridized carbons (Fsp3) is 0.0800. The van der Waals surface area contributed by atoms with Crippen molar-refractivity contribution in [1.82, 2.24) is 4.90 Å². The van der Waals surface area contributed by atoms with Gasteiger partial charge in [0.25, 0.3) is 5.91 Å². The number of amides is 1. The molecular weight excluding hydrogens is 426 g/mol. The zero-order valence-corrected chi connectivity index (χ0v) is 18.4. The van der Waals surface area contributed by atoms with Crippen LogP contribution in [0.15, 0.2) is 77.7 Å². The van der Waals surface area contributed by atoms with Crippen molar-refractivity contribution in [3.63, 3.8) is 0 Å². The Bertz CT molecular complexity index is 1200. The highest BCUT2D eigenvalue weighted by molar-refractivity contribution is 8.26. The van der Waals surface area contributed by atoms with Gasteiger partial charge in [-0.05, 0) is 53.5 Å². The molecule has 4 nitrogen and oxygen atoms in total. The molecule has 0 aliphatic carbocycles. The minimum absolute atomic E-state index is 0.0909. The molecule has 154 valence electrons. The molecule has 3 aromatic carbocycles. The van der Waals surface area contributed by atoms with Crippen LogP contribution in [0.3, 0.4) is 0 Å². The minimum atomic E-state index is -0.951. The highest BCUT2D eigenvalue weighted by atomic mass is 32.2. The number of carbonyl (C=O) groups excluding carboxylic acids is 1. The first kappa shape index (κ1) is 21.0. The van der Waals surface area contributed by atoms with Gasteiger partial charge in [-0.3, -0.25) is 9.69 Å². The zero-order valence-electron chi connectivity index (χ0n) is 16.7. The highest BCUT2D eigenvalue weighted by Crippen LogP contribution is 2.34. The largest absolute Gasteiger partial charge is 0.478 e. The second-order valence-electron chi connectivity index (χ2n) is 7.26. The number of nitrogens with zero attached hydrogens (tertiary/aromatic N) is 1. The zero-order chi connectivity index (χ0) is 22.0. The van der Waals surface area contributed by atoms with E-state index < -0.39 is 5.97 Å². The van der Waals surface area contributed by atoms with Gasteiger partial charge in [-0.2, -0.15) is 0 Å². The Kier molecular flexibility index (Phi) is 6.02. The summed E-state index contributed by atoms with van der Waals surface area (Å²) in [6, 6.07) is 22.6. The topological polar surface area (TPSA) is 57.6 Å². The van der Waals surface area contributed by atoms with E-state index in [9.17, 15) is 9.59 Å². The normalized spacial score (nSPS) is 15.0. The van der Waals surface area contributed by atoms with Crippen LogP contribution >= 0.6 is 24.0 Å². The van der Waals surface area contributed by atoms with Crippen molar-refractivity contribution in [2.75, 3.05) is 0 Å². The molecule has 0 bridgehead atoms. The van der Waals surface area contributed by atoms with Crippen molar-refractivity contribution in [2.45, 2.75) is 13.5 Å². The van der Waals surface area contributed by atoms with Crippen LogP contribution in [0.4, 0.5) is 0 Å². The van der Waals surface area contributed by atoms with Gasteiger partial charge in [0.05, 0.1) is 17.0 Å². The molecule has 0 unspecified atom stereocenters. The Morgan fingerprint density at radius 2 is 1.74 bits per heavy atom. The summed E-state index contributed by atoms with van der Waals surface area (Å²) in [5.41, 5.74) is 5.20. The van der Waals surface area contributed by atoms with Crippen LogP contribution in [-0.4, -0.2) is 26.2 Å². The lowest BCUT2D eigenvalue weighted by Gasteiger charge is -2.14. The second kappa shape index (κ2) is 8.88. The first-order chi connectivity index (χ1) is 14.9. The molecule has 1 aliphatic heterocycles. The van der Waals surface area contributed by atoms with E-state index in [0.29, 0.717) is 15.8 Å². The molecule has 0 radical (unpaired) electrons. The Balaban J connectivity index is 1.55. The maximum Gasteiger partial charge on any atom is 0.335 e. The van der Waals surface area contributed by atoms with E-state index in [4.69, 9.17) is 17.3 Å². The number of hydrogen-bond acceptors (Lipinski definition) is 4. The Labute approximate surface area is 190 Å². The molecule has 31 heavy (non-hydrogen) atoms. The molecule has 1 N–H and O–H groups in total. The van der Waals surface area contributed by atoms with Crippen LogP contribution in [0.25, 0.3) is 17.2 Å². The third-order valence-corrected chi connectivity index (χ3v) is 6.36. The molecule has 6 heteroatoms. The van der Waals surface area contributed by atoms with Gasteiger partial charge < -0.3 is 5.11 Å². The summed E-state index contributed by atoms with van der Waals surface area (Å²) in [6.45, 7) is 2.49. The molecular formula is C25H19NO3S2. The lowest BCUT2D eigenvalue weighted by molar-refractivity contribution is -0.122. The summed E-state index contributed by atoms with van der Waals surface area (Å²) in [5, 5.41) is 9.07. The van der Waals surface area contributed by atoms with E-state index in [1.807, 2.05) is 61.5 Å². The number of rotatable bonds is 5. The van der Waals surface area contributed by atoms with Crippen molar-refractivity contribution in [3.8, 4) is 11.1 Å². The van der Waals surface area contributed by atoms with Crippen LogP contribution in [0.5, 0.6) is 0 Å². The maximum atomic E-state index is 12.9. The number of carboxylic acids is 1. The lowest BCUT2D eigenvalue weighted by atomic mass is 10.0. The number of carboxylic acid groups (broad SMARTS) is 1.